The Morgan fingerprint density at radius 1 is 1.07 bits per heavy atom. The molecule has 0 atom stereocenters. The van der Waals surface area contributed by atoms with Crippen LogP contribution in [0.4, 0.5) is 13.2 Å². The topological polar surface area (TPSA) is 78.9 Å². The Balaban J connectivity index is 1.48. The lowest BCUT2D eigenvalue weighted by molar-refractivity contribution is -0.274. The Morgan fingerprint density at radius 3 is 2.50 bits per heavy atom. The van der Waals surface area contributed by atoms with E-state index in [0.29, 0.717) is 28.2 Å². The van der Waals surface area contributed by atoms with Gasteiger partial charge in [0, 0.05) is 11.3 Å². The largest absolute Gasteiger partial charge is 0.573 e. The summed E-state index contributed by atoms with van der Waals surface area (Å²) < 4.78 is 48.0. The molecule has 0 spiro atoms. The van der Waals surface area contributed by atoms with Crippen LogP contribution in [0, 0.1) is 6.92 Å². The minimum atomic E-state index is -4.74. The van der Waals surface area contributed by atoms with Gasteiger partial charge in [0.2, 0.25) is 11.0 Å². The summed E-state index contributed by atoms with van der Waals surface area (Å²) in [6.07, 6.45) is -4.74. The maximum Gasteiger partial charge on any atom is 0.573 e. The van der Waals surface area contributed by atoms with Crippen molar-refractivity contribution >= 4 is 11.8 Å². The molecular formula is C19H14F3N5O2S. The Labute approximate surface area is 172 Å². The lowest BCUT2D eigenvalue weighted by Crippen LogP contribution is -2.17. The molecular weight excluding hydrogens is 419 g/mol. The van der Waals surface area contributed by atoms with E-state index in [1.807, 2.05) is 37.3 Å². The Morgan fingerprint density at radius 2 is 1.80 bits per heavy atom. The van der Waals surface area contributed by atoms with Crippen molar-refractivity contribution in [2.24, 2.45) is 0 Å². The van der Waals surface area contributed by atoms with Gasteiger partial charge < -0.3 is 9.15 Å². The van der Waals surface area contributed by atoms with Crippen LogP contribution in [0.5, 0.6) is 5.75 Å². The first-order valence-corrected chi connectivity index (χ1v) is 9.67. The zero-order chi connectivity index (χ0) is 21.1. The molecule has 4 aromatic rings. The average molecular weight is 433 g/mol. The maximum atomic E-state index is 12.3. The molecule has 0 aliphatic rings. The first kappa shape index (κ1) is 20.0. The average Bonchev–Trinajstić information content (AvgIpc) is 3.33. The Bertz CT molecular complexity index is 1130. The SMILES string of the molecule is Cc1oc(-c2ccccc2)nc1CSc1nnnn1-c1ccc(OC(F)(F)F)cc1. The van der Waals surface area contributed by atoms with E-state index in [-0.39, 0.29) is 5.75 Å². The van der Waals surface area contributed by atoms with Crippen LogP contribution < -0.4 is 4.74 Å². The summed E-state index contributed by atoms with van der Waals surface area (Å²) in [5, 5.41) is 12.0. The van der Waals surface area contributed by atoms with Gasteiger partial charge >= 0.3 is 6.36 Å². The lowest BCUT2D eigenvalue weighted by Gasteiger charge is -2.09. The predicted molar refractivity (Wildman–Crippen MR) is 102 cm³/mol. The third kappa shape index (κ3) is 4.62. The van der Waals surface area contributed by atoms with Crippen molar-refractivity contribution in [1.82, 2.24) is 25.2 Å². The summed E-state index contributed by atoms with van der Waals surface area (Å²) in [7, 11) is 0. The molecule has 0 saturated carbocycles. The van der Waals surface area contributed by atoms with E-state index in [1.54, 1.807) is 0 Å². The third-order valence-corrected chi connectivity index (χ3v) is 4.94. The minimum Gasteiger partial charge on any atom is -0.441 e. The van der Waals surface area contributed by atoms with Crippen LogP contribution >= 0.6 is 11.8 Å². The number of ether oxygens (including phenoxy) is 1. The molecule has 154 valence electrons. The summed E-state index contributed by atoms with van der Waals surface area (Å²) in [5.41, 5.74) is 2.13. The standard InChI is InChI=1S/C19H14F3N5O2S/c1-12-16(23-17(28-12)13-5-3-2-4-6-13)11-30-18-24-25-26-27(18)14-7-9-15(10-8-14)29-19(20,21)22/h2-10H,11H2,1H3. The molecule has 7 nitrogen and oxygen atoms in total. The highest BCUT2D eigenvalue weighted by Gasteiger charge is 2.31. The number of oxazole rings is 1. The smallest absolute Gasteiger partial charge is 0.441 e. The highest BCUT2D eigenvalue weighted by atomic mass is 32.2. The fourth-order valence-corrected chi connectivity index (χ4v) is 3.51. The molecule has 30 heavy (non-hydrogen) atoms. The fourth-order valence-electron chi connectivity index (χ4n) is 2.62. The molecule has 0 aliphatic heterocycles. The number of benzene rings is 2. The highest BCUT2D eigenvalue weighted by Crippen LogP contribution is 2.28. The van der Waals surface area contributed by atoms with Crippen molar-refractivity contribution in [2.45, 2.75) is 24.2 Å². The van der Waals surface area contributed by atoms with Crippen molar-refractivity contribution in [3.63, 3.8) is 0 Å². The summed E-state index contributed by atoms with van der Waals surface area (Å²) in [5.74, 6) is 1.36. The molecule has 2 aromatic heterocycles. The number of aromatic nitrogens is 5. The third-order valence-electron chi connectivity index (χ3n) is 4.01. The van der Waals surface area contributed by atoms with E-state index >= 15 is 0 Å². The van der Waals surface area contributed by atoms with Gasteiger partial charge in [-0.05, 0) is 53.7 Å². The van der Waals surface area contributed by atoms with Crippen LogP contribution in [0.2, 0.25) is 0 Å². The summed E-state index contributed by atoms with van der Waals surface area (Å²) in [4.78, 5) is 4.54. The summed E-state index contributed by atoms with van der Waals surface area (Å²) in [6, 6.07) is 14.8. The van der Waals surface area contributed by atoms with Gasteiger partial charge in [0.15, 0.2) is 0 Å². The van der Waals surface area contributed by atoms with Crippen molar-refractivity contribution in [1.29, 1.82) is 0 Å². The minimum absolute atomic E-state index is 0.319. The second-order valence-corrected chi connectivity index (χ2v) is 7.03. The number of halogens is 3. The van der Waals surface area contributed by atoms with E-state index in [4.69, 9.17) is 4.42 Å². The van der Waals surface area contributed by atoms with Crippen LogP contribution in [-0.4, -0.2) is 31.6 Å². The molecule has 2 aromatic carbocycles. The molecule has 0 aliphatic carbocycles. The van der Waals surface area contributed by atoms with Gasteiger partial charge in [-0.1, -0.05) is 30.0 Å². The molecule has 11 heteroatoms. The molecule has 0 radical (unpaired) electrons. The number of hydrogen-bond acceptors (Lipinski definition) is 7. The van der Waals surface area contributed by atoms with E-state index in [2.05, 4.69) is 25.2 Å². The van der Waals surface area contributed by atoms with Gasteiger partial charge in [-0.2, -0.15) is 4.68 Å². The second kappa shape index (κ2) is 8.19. The van der Waals surface area contributed by atoms with Gasteiger partial charge in [-0.25, -0.2) is 4.98 Å². The van der Waals surface area contributed by atoms with Crippen molar-refractivity contribution in [3.05, 3.63) is 66.1 Å². The molecule has 4 rings (SSSR count). The normalized spacial score (nSPS) is 11.6. The Kier molecular flexibility index (Phi) is 5.44. The van der Waals surface area contributed by atoms with Crippen LogP contribution in [0.15, 0.2) is 64.2 Å². The number of rotatable bonds is 6. The van der Waals surface area contributed by atoms with Gasteiger partial charge in [0.05, 0.1) is 11.4 Å². The van der Waals surface area contributed by atoms with Crippen molar-refractivity contribution in [2.75, 3.05) is 0 Å². The van der Waals surface area contributed by atoms with E-state index in [1.165, 1.54) is 40.7 Å². The van der Waals surface area contributed by atoms with Crippen LogP contribution in [0.25, 0.3) is 17.1 Å². The zero-order valence-corrected chi connectivity index (χ0v) is 16.3. The first-order valence-electron chi connectivity index (χ1n) is 8.68. The summed E-state index contributed by atoms with van der Waals surface area (Å²) >= 11 is 1.33. The number of tetrazole rings is 1. The molecule has 0 saturated heterocycles. The number of hydrogen-bond donors (Lipinski definition) is 0. The number of thioether (sulfide) groups is 1. The van der Waals surface area contributed by atoms with E-state index < -0.39 is 6.36 Å². The lowest BCUT2D eigenvalue weighted by atomic mass is 10.2. The van der Waals surface area contributed by atoms with Gasteiger partial charge in [-0.15, -0.1) is 18.3 Å². The van der Waals surface area contributed by atoms with E-state index in [9.17, 15) is 13.2 Å². The van der Waals surface area contributed by atoms with Crippen molar-refractivity contribution in [3.8, 4) is 22.9 Å². The van der Waals surface area contributed by atoms with Crippen LogP contribution in [-0.2, 0) is 5.75 Å². The van der Waals surface area contributed by atoms with Gasteiger partial charge in [-0.3, -0.25) is 0 Å². The molecule has 0 amide bonds. The molecule has 0 N–H and O–H groups in total. The highest BCUT2D eigenvalue weighted by molar-refractivity contribution is 7.98. The first-order chi connectivity index (χ1) is 14.4. The predicted octanol–water partition coefficient (Wildman–Crippen LogP) is 4.82. The van der Waals surface area contributed by atoms with E-state index in [0.717, 1.165) is 11.3 Å². The van der Waals surface area contributed by atoms with Crippen molar-refractivity contribution < 1.29 is 22.3 Å². The van der Waals surface area contributed by atoms with Gasteiger partial charge in [0.25, 0.3) is 0 Å². The zero-order valence-electron chi connectivity index (χ0n) is 15.5. The summed E-state index contributed by atoms with van der Waals surface area (Å²) in [6.45, 7) is 1.83. The number of alkyl halides is 3. The number of aryl methyl sites for hydroxylation is 1. The molecule has 0 bridgehead atoms. The fraction of sp³-hybridized carbons (Fsp3) is 0.158. The maximum absolute atomic E-state index is 12.3. The number of nitrogens with zero attached hydrogens (tertiary/aromatic N) is 5. The Hall–Kier alpha value is -3.34. The van der Waals surface area contributed by atoms with Gasteiger partial charge in [0.1, 0.15) is 11.5 Å². The quantitative estimate of drug-likeness (QED) is 0.404. The monoisotopic (exact) mass is 433 g/mol. The van der Waals surface area contributed by atoms with Crippen LogP contribution in [0.1, 0.15) is 11.5 Å². The molecule has 0 fully saturated rings. The molecule has 0 unspecified atom stereocenters. The molecule has 2 heterocycles. The van der Waals surface area contributed by atoms with Crippen LogP contribution in [0.3, 0.4) is 0 Å². The second-order valence-electron chi connectivity index (χ2n) is 6.09.